The maximum atomic E-state index is 6.42. The molecule has 11 nitrogen and oxygen atoms in total. The summed E-state index contributed by atoms with van der Waals surface area (Å²) in [5.74, 6) is 2.49. The summed E-state index contributed by atoms with van der Waals surface area (Å²) in [4.78, 5) is 13.7. The van der Waals surface area contributed by atoms with Crippen LogP contribution in [0, 0.1) is 0 Å². The third-order valence-corrected chi connectivity index (χ3v) is 11.2. The Morgan fingerprint density at radius 3 is 1.83 bits per heavy atom. The van der Waals surface area contributed by atoms with Gasteiger partial charge in [-0.05, 0) is 139 Å². The minimum Gasteiger partial charge on any atom is -0.456 e. The Bertz CT molecular complexity index is 3660. The summed E-state index contributed by atoms with van der Waals surface area (Å²) >= 11 is 0. The van der Waals surface area contributed by atoms with Gasteiger partial charge in [-0.25, -0.2) is 9.97 Å². The van der Waals surface area contributed by atoms with E-state index in [1.165, 1.54) is 5.56 Å². The molecule has 0 aliphatic heterocycles. The Hall–Kier alpha value is -8.75. The van der Waals surface area contributed by atoms with Gasteiger partial charge in [0, 0.05) is 45.7 Å². The van der Waals surface area contributed by atoms with Gasteiger partial charge in [0.2, 0.25) is 0 Å². The zero-order valence-electron chi connectivity index (χ0n) is 34.8. The van der Waals surface area contributed by atoms with Crippen LogP contribution in [0.3, 0.4) is 0 Å². The first kappa shape index (κ1) is 38.2. The van der Waals surface area contributed by atoms with Crippen LogP contribution in [0.25, 0.3) is 77.9 Å². The Balaban J connectivity index is 0.991. The first-order valence-electron chi connectivity index (χ1n) is 21.0. The van der Waals surface area contributed by atoms with Crippen molar-refractivity contribution in [2.75, 3.05) is 0 Å². The summed E-state index contributed by atoms with van der Waals surface area (Å²) in [6.07, 6.45) is 18.2. The average molecular weight is 832 g/mol. The van der Waals surface area contributed by atoms with Gasteiger partial charge >= 0.3 is 0 Å². The van der Waals surface area contributed by atoms with Gasteiger partial charge in [-0.1, -0.05) is 43.3 Å². The smallest absolute Gasteiger partial charge is 0.178 e. The van der Waals surface area contributed by atoms with Crippen molar-refractivity contribution in [3.63, 3.8) is 0 Å². The number of pyridine rings is 2. The largest absolute Gasteiger partial charge is 0.456 e. The highest BCUT2D eigenvalue weighted by Gasteiger charge is 2.18. The van der Waals surface area contributed by atoms with E-state index in [1.54, 1.807) is 25.0 Å². The molecule has 0 spiro atoms. The highest BCUT2D eigenvalue weighted by atomic mass is 16.3. The van der Waals surface area contributed by atoms with E-state index in [0.29, 0.717) is 34.4 Å². The minimum atomic E-state index is 0.558. The summed E-state index contributed by atoms with van der Waals surface area (Å²) in [6.45, 7) is 4.07. The molecule has 0 radical (unpaired) electrons. The Kier molecular flexibility index (Phi) is 9.71. The molecule has 0 N–H and O–H groups in total. The molecule has 0 saturated carbocycles. The number of allylic oxidation sites excluding steroid dienone is 5. The summed E-state index contributed by atoms with van der Waals surface area (Å²) in [5.41, 5.74) is 17.8. The molecule has 6 aromatic heterocycles. The van der Waals surface area contributed by atoms with Crippen molar-refractivity contribution in [1.82, 2.24) is 39.5 Å². The second-order valence-corrected chi connectivity index (χ2v) is 15.3. The van der Waals surface area contributed by atoms with Gasteiger partial charge in [-0.3, -0.25) is 14.1 Å². The molecule has 11 rings (SSSR count). The molecular weight excluding hydrogens is 795 g/mol. The van der Waals surface area contributed by atoms with Crippen LogP contribution in [0.1, 0.15) is 54.2 Å². The number of aromatic nitrogens is 8. The molecule has 11 heteroatoms. The SMILES string of the molecule is CC=N/C(=C\CC)c1ccc2oc3ccc(Cc4ccc5oc6ccc(/C7=C/C(c8nncn8-c8ccccn8)=C=CC(c8nncn8-c8ccccn8)=C=C7)cc6c5c4)cc3c2c1. The van der Waals surface area contributed by atoms with Crippen molar-refractivity contribution in [1.29, 1.82) is 0 Å². The van der Waals surface area contributed by atoms with Crippen molar-refractivity contribution >= 4 is 72.5 Å². The lowest BCUT2D eigenvalue weighted by Crippen LogP contribution is -2.02. The Morgan fingerprint density at radius 2 is 1.22 bits per heavy atom. The van der Waals surface area contributed by atoms with Gasteiger partial charge in [0.1, 0.15) is 46.6 Å². The number of furan rings is 2. The second kappa shape index (κ2) is 16.3. The highest BCUT2D eigenvalue weighted by molar-refractivity contribution is 6.08. The predicted molar refractivity (Wildman–Crippen MR) is 252 cm³/mol. The van der Waals surface area contributed by atoms with E-state index in [2.05, 4.69) is 120 Å². The average Bonchev–Trinajstić information content (AvgIpc) is 4.15. The number of aliphatic imine (C=N–C) groups is 1. The fraction of sp³-hybridized carbons (Fsp3) is 0.0755. The van der Waals surface area contributed by atoms with Crippen molar-refractivity contribution in [2.24, 2.45) is 4.99 Å². The molecule has 10 aromatic rings. The number of benzene rings is 4. The van der Waals surface area contributed by atoms with Crippen LogP contribution in [0.5, 0.6) is 0 Å². The fourth-order valence-corrected chi connectivity index (χ4v) is 8.20. The van der Waals surface area contributed by atoms with E-state index in [1.807, 2.05) is 89.0 Å². The topological polar surface area (TPSA) is 126 Å². The zero-order chi connectivity index (χ0) is 43.0. The fourth-order valence-electron chi connectivity index (χ4n) is 8.20. The standard InChI is InChI=1S/C53H37N9O2/c1-3-9-45(54-4-2)39-19-23-49-44(31-39)42-28-35(13-21-47(42)64-49)26-34-12-20-46-41(27-34)43-30-38(18-22-48(43)63-46)37-16-14-36(52-59-57-32-61(52)50-10-5-7-24-55-50)15-17-40(29-37)53-60-58-33-62(53)51-11-6-8-25-56-51/h4-13,15-16,18-25,27-33H,3,26H2,1-2H3/b37-29+,45-9-,54-4?. The van der Waals surface area contributed by atoms with E-state index < -0.39 is 0 Å². The Labute approximate surface area is 366 Å². The van der Waals surface area contributed by atoms with Crippen LogP contribution in [-0.2, 0) is 6.42 Å². The Morgan fingerprint density at radius 1 is 0.641 bits per heavy atom. The lowest BCUT2D eigenvalue weighted by atomic mass is 9.97. The highest BCUT2D eigenvalue weighted by Crippen LogP contribution is 2.36. The number of hydrogen-bond acceptors (Lipinski definition) is 9. The molecule has 4 aromatic carbocycles. The lowest BCUT2D eigenvalue weighted by molar-refractivity contribution is 0.668. The van der Waals surface area contributed by atoms with Crippen LogP contribution in [0.4, 0.5) is 0 Å². The molecule has 1 aliphatic rings. The molecular formula is C53H37N9O2. The lowest BCUT2D eigenvalue weighted by Gasteiger charge is -2.09. The van der Waals surface area contributed by atoms with Crippen LogP contribution in [0.15, 0.2) is 184 Å². The maximum Gasteiger partial charge on any atom is 0.178 e. The number of hydrogen-bond donors (Lipinski definition) is 0. The van der Waals surface area contributed by atoms with E-state index in [-0.39, 0.29) is 0 Å². The molecule has 64 heavy (non-hydrogen) atoms. The summed E-state index contributed by atoms with van der Waals surface area (Å²) < 4.78 is 16.4. The third kappa shape index (κ3) is 7.08. The first-order valence-corrected chi connectivity index (χ1v) is 21.0. The van der Waals surface area contributed by atoms with Gasteiger partial charge < -0.3 is 8.83 Å². The predicted octanol–water partition coefficient (Wildman–Crippen LogP) is 11.7. The molecule has 0 saturated heterocycles. The number of nitrogens with zero attached hydrogens (tertiary/aromatic N) is 9. The summed E-state index contributed by atoms with van der Waals surface area (Å²) in [7, 11) is 0. The molecule has 0 bridgehead atoms. The molecule has 0 fully saturated rings. The van der Waals surface area contributed by atoms with Gasteiger partial charge in [0.25, 0.3) is 0 Å². The molecule has 0 amide bonds. The third-order valence-electron chi connectivity index (χ3n) is 11.2. The van der Waals surface area contributed by atoms with Gasteiger partial charge in [-0.15, -0.1) is 31.9 Å². The summed E-state index contributed by atoms with van der Waals surface area (Å²) in [5, 5.41) is 21.7. The van der Waals surface area contributed by atoms with Gasteiger partial charge in [0.15, 0.2) is 11.6 Å². The zero-order valence-corrected chi connectivity index (χ0v) is 34.8. The molecule has 0 unspecified atom stereocenters. The van der Waals surface area contributed by atoms with E-state index in [0.717, 1.165) is 84.7 Å². The minimum absolute atomic E-state index is 0.558. The van der Waals surface area contributed by atoms with Crippen LogP contribution in [0.2, 0.25) is 0 Å². The summed E-state index contributed by atoms with van der Waals surface area (Å²) in [6, 6.07) is 36.9. The van der Waals surface area contributed by atoms with Crippen molar-refractivity contribution in [3.05, 3.63) is 204 Å². The van der Waals surface area contributed by atoms with Gasteiger partial charge in [0.05, 0.1) is 16.8 Å². The molecule has 6 heterocycles. The van der Waals surface area contributed by atoms with Crippen LogP contribution in [-0.4, -0.2) is 45.7 Å². The number of rotatable bonds is 10. The molecule has 306 valence electrons. The first-order chi connectivity index (χ1) is 31.6. The van der Waals surface area contributed by atoms with Crippen molar-refractivity contribution in [2.45, 2.75) is 26.7 Å². The maximum absolute atomic E-state index is 6.42. The van der Waals surface area contributed by atoms with Crippen molar-refractivity contribution in [3.8, 4) is 11.6 Å². The monoisotopic (exact) mass is 831 g/mol. The second-order valence-electron chi connectivity index (χ2n) is 15.3. The van der Waals surface area contributed by atoms with Crippen LogP contribution < -0.4 is 0 Å². The van der Waals surface area contributed by atoms with Crippen LogP contribution >= 0.6 is 0 Å². The molecule has 0 atom stereocenters. The van der Waals surface area contributed by atoms with E-state index >= 15 is 0 Å². The van der Waals surface area contributed by atoms with E-state index in [4.69, 9.17) is 8.83 Å². The quantitative estimate of drug-likeness (QED) is 0.0985. The number of fused-ring (bicyclic) bond motifs is 6. The van der Waals surface area contributed by atoms with E-state index in [9.17, 15) is 0 Å². The normalized spacial score (nSPS) is 14.1. The molecule has 1 aliphatic carbocycles. The van der Waals surface area contributed by atoms with Crippen molar-refractivity contribution < 1.29 is 8.83 Å². The van der Waals surface area contributed by atoms with Gasteiger partial charge in [-0.2, -0.15) is 0 Å².